The van der Waals surface area contributed by atoms with Gasteiger partial charge in [-0.05, 0) is 18.2 Å². The van der Waals surface area contributed by atoms with E-state index >= 15 is 0 Å². The maximum absolute atomic E-state index is 12.5. The highest BCUT2D eigenvalue weighted by Gasteiger charge is 2.31. The van der Waals surface area contributed by atoms with E-state index in [2.05, 4.69) is 5.32 Å². The zero-order valence-corrected chi connectivity index (χ0v) is 11.7. The van der Waals surface area contributed by atoms with E-state index in [0.717, 1.165) is 12.1 Å². The minimum Gasteiger partial charge on any atom is -0.384 e. The van der Waals surface area contributed by atoms with Gasteiger partial charge in [0.2, 0.25) is 0 Å². The molecule has 0 unspecified atom stereocenters. The Balaban J connectivity index is 2.77. The highest BCUT2D eigenvalue weighted by atomic mass is 35.5. The van der Waals surface area contributed by atoms with Gasteiger partial charge in [0.05, 0.1) is 11.3 Å². The van der Waals surface area contributed by atoms with Crippen molar-refractivity contribution in [1.82, 2.24) is 0 Å². The molecule has 108 valence electrons. The van der Waals surface area contributed by atoms with Crippen LogP contribution in [0.3, 0.4) is 0 Å². The molecule has 0 saturated carbocycles. The smallest absolute Gasteiger partial charge is 0.384 e. The molecule has 3 nitrogen and oxygen atoms in total. The third-order valence-electron chi connectivity index (χ3n) is 2.41. The van der Waals surface area contributed by atoms with Crippen LogP contribution in [0.15, 0.2) is 18.2 Å². The standard InChI is InChI=1S/C11H13ClF3NO2S/c1-2-19(17,18)4-3-16-10-6-8(11(13,14)15)5-9(12)7-10/h5-7,16H,2-4H2,1H3. The number of rotatable bonds is 5. The van der Waals surface area contributed by atoms with Crippen molar-refractivity contribution in [3.63, 3.8) is 0 Å². The van der Waals surface area contributed by atoms with Crippen molar-refractivity contribution in [2.24, 2.45) is 0 Å². The molecule has 0 radical (unpaired) electrons. The minimum atomic E-state index is -4.49. The second kappa shape index (κ2) is 6.00. The van der Waals surface area contributed by atoms with Crippen LogP contribution in [0.5, 0.6) is 0 Å². The maximum atomic E-state index is 12.5. The highest BCUT2D eigenvalue weighted by molar-refractivity contribution is 7.91. The Hall–Kier alpha value is -0.950. The van der Waals surface area contributed by atoms with E-state index in [4.69, 9.17) is 11.6 Å². The van der Waals surface area contributed by atoms with Gasteiger partial charge < -0.3 is 5.32 Å². The fraction of sp³-hybridized carbons (Fsp3) is 0.455. The van der Waals surface area contributed by atoms with E-state index in [9.17, 15) is 21.6 Å². The number of halogens is 4. The lowest BCUT2D eigenvalue weighted by atomic mass is 10.2. The molecule has 1 N–H and O–H groups in total. The molecule has 0 amide bonds. The third-order valence-corrected chi connectivity index (χ3v) is 4.33. The Morgan fingerprint density at radius 1 is 1.26 bits per heavy atom. The molecule has 0 aliphatic rings. The number of nitrogens with one attached hydrogen (secondary N) is 1. The van der Waals surface area contributed by atoms with Crippen LogP contribution in [0.4, 0.5) is 18.9 Å². The maximum Gasteiger partial charge on any atom is 0.416 e. The summed E-state index contributed by atoms with van der Waals surface area (Å²) in [4.78, 5) is 0. The fourth-order valence-corrected chi connectivity index (χ4v) is 2.29. The molecule has 0 aliphatic heterocycles. The number of benzene rings is 1. The predicted octanol–water partition coefficient (Wildman–Crippen LogP) is 3.21. The predicted molar refractivity (Wildman–Crippen MR) is 69.3 cm³/mol. The third kappa shape index (κ3) is 5.28. The van der Waals surface area contributed by atoms with Crippen LogP contribution in [0.1, 0.15) is 12.5 Å². The quantitative estimate of drug-likeness (QED) is 0.907. The summed E-state index contributed by atoms with van der Waals surface area (Å²) in [5.74, 6) is -0.143. The lowest BCUT2D eigenvalue weighted by Gasteiger charge is -2.11. The van der Waals surface area contributed by atoms with Gasteiger partial charge in [-0.15, -0.1) is 0 Å². The van der Waals surface area contributed by atoms with E-state index < -0.39 is 21.6 Å². The second-order valence-corrected chi connectivity index (χ2v) is 6.80. The zero-order valence-electron chi connectivity index (χ0n) is 10.1. The van der Waals surface area contributed by atoms with Gasteiger partial charge in [0.15, 0.2) is 9.84 Å². The van der Waals surface area contributed by atoms with Crippen molar-refractivity contribution in [1.29, 1.82) is 0 Å². The van der Waals surface area contributed by atoms with Crippen LogP contribution < -0.4 is 5.32 Å². The number of hydrogen-bond acceptors (Lipinski definition) is 3. The average Bonchev–Trinajstić information content (AvgIpc) is 2.27. The molecule has 0 fully saturated rings. The largest absolute Gasteiger partial charge is 0.416 e. The van der Waals surface area contributed by atoms with Crippen molar-refractivity contribution in [3.05, 3.63) is 28.8 Å². The van der Waals surface area contributed by atoms with Gasteiger partial charge in [-0.1, -0.05) is 18.5 Å². The molecule has 19 heavy (non-hydrogen) atoms. The fourth-order valence-electron chi connectivity index (χ4n) is 1.35. The van der Waals surface area contributed by atoms with Crippen LogP contribution in [-0.4, -0.2) is 26.5 Å². The molecule has 0 spiro atoms. The van der Waals surface area contributed by atoms with Gasteiger partial charge >= 0.3 is 6.18 Å². The molecule has 0 bridgehead atoms. The van der Waals surface area contributed by atoms with Gasteiger partial charge in [0.25, 0.3) is 0 Å². The van der Waals surface area contributed by atoms with E-state index in [0.29, 0.717) is 0 Å². The molecular weight excluding hydrogens is 303 g/mol. The van der Waals surface area contributed by atoms with E-state index in [1.807, 2.05) is 0 Å². The van der Waals surface area contributed by atoms with Gasteiger partial charge in [0.1, 0.15) is 0 Å². The first-order valence-electron chi connectivity index (χ1n) is 5.46. The van der Waals surface area contributed by atoms with Gasteiger partial charge in [-0.25, -0.2) is 8.42 Å². The molecule has 1 rings (SSSR count). The summed E-state index contributed by atoms with van der Waals surface area (Å²) in [6.07, 6.45) is -4.49. The Kier molecular flexibility index (Phi) is 5.09. The van der Waals surface area contributed by atoms with Crippen molar-refractivity contribution < 1.29 is 21.6 Å². The number of sulfone groups is 1. The number of alkyl halides is 3. The molecule has 0 saturated heterocycles. The molecule has 1 aromatic carbocycles. The topological polar surface area (TPSA) is 46.2 Å². The van der Waals surface area contributed by atoms with Crippen LogP contribution in [-0.2, 0) is 16.0 Å². The normalized spacial score (nSPS) is 12.5. The Morgan fingerprint density at radius 2 is 1.89 bits per heavy atom. The number of hydrogen-bond donors (Lipinski definition) is 1. The van der Waals surface area contributed by atoms with Crippen LogP contribution in [0.25, 0.3) is 0 Å². The van der Waals surface area contributed by atoms with Crippen molar-refractivity contribution >= 4 is 27.1 Å². The minimum absolute atomic E-state index is 0.00196. The van der Waals surface area contributed by atoms with E-state index in [1.165, 1.54) is 13.0 Å². The van der Waals surface area contributed by atoms with Gasteiger partial charge in [-0.3, -0.25) is 0 Å². The lowest BCUT2D eigenvalue weighted by Crippen LogP contribution is -2.17. The lowest BCUT2D eigenvalue weighted by molar-refractivity contribution is -0.137. The molecule has 0 heterocycles. The summed E-state index contributed by atoms with van der Waals surface area (Å²) >= 11 is 5.59. The first-order valence-corrected chi connectivity index (χ1v) is 7.66. The Morgan fingerprint density at radius 3 is 2.42 bits per heavy atom. The monoisotopic (exact) mass is 315 g/mol. The zero-order chi connectivity index (χ0) is 14.7. The molecule has 0 atom stereocenters. The second-order valence-electron chi connectivity index (χ2n) is 3.89. The van der Waals surface area contributed by atoms with Crippen molar-refractivity contribution in [2.45, 2.75) is 13.1 Å². The van der Waals surface area contributed by atoms with E-state index in [1.54, 1.807) is 0 Å². The van der Waals surface area contributed by atoms with Gasteiger partial charge in [-0.2, -0.15) is 13.2 Å². The Labute approximate surface area is 114 Å². The molecule has 0 aliphatic carbocycles. The van der Waals surface area contributed by atoms with Crippen molar-refractivity contribution in [3.8, 4) is 0 Å². The SMILES string of the molecule is CCS(=O)(=O)CCNc1cc(Cl)cc(C(F)(F)F)c1. The van der Waals surface area contributed by atoms with Crippen LogP contribution in [0.2, 0.25) is 5.02 Å². The van der Waals surface area contributed by atoms with Crippen LogP contribution >= 0.6 is 11.6 Å². The van der Waals surface area contributed by atoms with Gasteiger partial charge in [0, 0.05) is 23.0 Å². The summed E-state index contributed by atoms with van der Waals surface area (Å²) in [5, 5.41) is 2.57. The first kappa shape index (κ1) is 16.1. The Bertz CT molecular complexity index is 543. The summed E-state index contributed by atoms with van der Waals surface area (Å²) in [6.45, 7) is 1.55. The molecular formula is C11H13ClF3NO2S. The number of anilines is 1. The average molecular weight is 316 g/mol. The molecule has 8 heteroatoms. The van der Waals surface area contributed by atoms with Crippen LogP contribution in [0, 0.1) is 0 Å². The molecule has 0 aromatic heterocycles. The summed E-state index contributed by atoms with van der Waals surface area (Å²) in [7, 11) is -3.16. The highest BCUT2D eigenvalue weighted by Crippen LogP contribution is 2.33. The van der Waals surface area contributed by atoms with E-state index in [-0.39, 0.29) is 28.8 Å². The first-order chi connectivity index (χ1) is 8.64. The summed E-state index contributed by atoms with van der Waals surface area (Å²) < 4.78 is 60.1. The van der Waals surface area contributed by atoms with Crippen molar-refractivity contribution in [2.75, 3.05) is 23.4 Å². The summed E-state index contributed by atoms with van der Waals surface area (Å²) in [6, 6.07) is 3.02. The summed E-state index contributed by atoms with van der Waals surface area (Å²) in [5.41, 5.74) is -0.730. The molecule has 1 aromatic rings.